The molecule has 0 saturated carbocycles. The summed E-state index contributed by atoms with van der Waals surface area (Å²) in [4.78, 5) is 8.81. The van der Waals surface area contributed by atoms with E-state index in [1.165, 1.54) is 25.3 Å². The molecular formula is C26H81F2N6O3P51S. The van der Waals surface area contributed by atoms with Crippen LogP contribution in [0.2, 0.25) is 0 Å². The summed E-state index contributed by atoms with van der Waals surface area (Å²) in [5, 5.41) is 10.4. The van der Waals surface area contributed by atoms with Crippen molar-refractivity contribution in [3.8, 4) is 34.3 Å². The van der Waals surface area contributed by atoms with Crippen LogP contribution >= 0.6 is 408 Å². The standard InChI is InChI=1S/C26H28F2N6O3S.H53P51/c1-16(13-28)30-14-18-3-5-20(6-4-18)25-33-34-26(37-25)23-24(29)31-15-22(32-23)19-7-9-21(10-8-19)38(35,36)17(2)11-12-27;1-27-40(26)47(41(28(2)3)29(4)5)50(46(38(22)23)39(24)25)51(48(42(30(6)7)31(8)9)43(32(10)11)33(12)13)49(44(34(14)15)35(16)17)45(36(18)19)37(20)21/h3-10,15-17,30H,11-14H2,1-2H3,(H2,29,31);27H,1-26H2. The molecule has 0 aliphatic heterocycles. The third kappa shape index (κ3) is 32.5. The number of halogens is 2. The molecule has 32 unspecified atom stereocenters. The number of nitrogens with zero attached hydrogens (tertiary/aromatic N) is 4. The number of hydrogen-bond acceptors (Lipinski definition) is 9. The van der Waals surface area contributed by atoms with Gasteiger partial charge in [-0.05, 0) is 218 Å². The Morgan fingerprint density at radius 2 is 0.865 bits per heavy atom. The molecule has 0 fully saturated rings. The van der Waals surface area contributed by atoms with E-state index in [2.05, 4.69) is 258 Å². The maximum Gasteiger partial charge on any atom is 0.270 e. The van der Waals surface area contributed by atoms with Crippen molar-refractivity contribution in [3.63, 3.8) is 0 Å². The lowest BCUT2D eigenvalue weighted by Gasteiger charge is -2.58. The van der Waals surface area contributed by atoms with Gasteiger partial charge < -0.3 is 15.5 Å². The third-order valence-electron chi connectivity index (χ3n) is 10.4. The molecule has 89 heavy (non-hydrogen) atoms. The monoisotopic (exact) mass is 2180 g/mol. The predicted octanol–water partition coefficient (Wildman–Crippen LogP) is 34.1. The highest BCUT2D eigenvalue weighted by Crippen LogP contribution is 3.46. The molecule has 508 valence electrons. The van der Waals surface area contributed by atoms with Crippen LogP contribution < -0.4 is 11.1 Å². The van der Waals surface area contributed by atoms with Crippen LogP contribution in [-0.2, 0) is 16.4 Å². The molecule has 0 radical (unpaired) electrons. The zero-order chi connectivity index (χ0) is 67.8. The van der Waals surface area contributed by atoms with Gasteiger partial charge in [0.1, 0.15) is 6.67 Å². The molecule has 4 aromatic rings. The summed E-state index contributed by atoms with van der Waals surface area (Å²) >= 11 is 0. The lowest BCUT2D eigenvalue weighted by atomic mass is 10.1. The second-order valence-corrected chi connectivity index (χ2v) is 227. The van der Waals surface area contributed by atoms with Crippen LogP contribution in [-0.4, -0.2) is 53.2 Å². The van der Waals surface area contributed by atoms with E-state index in [9.17, 15) is 17.2 Å². The fraction of sp³-hybridized carbons (Fsp3) is 0.308. The van der Waals surface area contributed by atoms with Crippen LogP contribution in [0, 0.1) is 0 Å². The minimum absolute atomic E-state index is 0.0653. The molecule has 0 bridgehead atoms. The van der Waals surface area contributed by atoms with Crippen molar-refractivity contribution in [2.45, 2.75) is 43.0 Å². The SMILES string of the molecule is CC(CF)NCc1ccc(-c2nnc(-c3nc(-c4ccc(S(=O)(=O)C(C)CCF)cc4)cnc3N)o2)cc1.PPP(P)P(P(P(P)P)P(P)P)P(P(P(P)P)P(P)P)P(P(P(P(P)P)P(P)P)P(P(P)P)P(P)P)P(P(P(P)P)P(P)P)P(P(P)P)P(P)P. The fourth-order valence-electron chi connectivity index (χ4n) is 6.58. The summed E-state index contributed by atoms with van der Waals surface area (Å²) in [6, 6.07) is 13.3. The third-order valence-corrected chi connectivity index (χ3v) is 365. The van der Waals surface area contributed by atoms with Gasteiger partial charge in [-0.2, -0.15) is 0 Å². The number of anilines is 1. The summed E-state index contributed by atoms with van der Waals surface area (Å²) < 4.78 is 56.3. The van der Waals surface area contributed by atoms with Crippen molar-refractivity contribution in [1.82, 2.24) is 25.5 Å². The van der Waals surface area contributed by atoms with Crippen LogP contribution in [0.5, 0.6) is 0 Å². The number of nitrogens with two attached hydrogens (primary N) is 1. The second kappa shape index (κ2) is 52.8. The van der Waals surface area contributed by atoms with Gasteiger partial charge in [0.05, 0.1) is 28.7 Å². The van der Waals surface area contributed by atoms with E-state index in [0.29, 0.717) is 23.4 Å². The zero-order valence-corrected chi connectivity index (χ0v) is 100. The fourth-order valence-corrected chi connectivity index (χ4v) is 729. The van der Waals surface area contributed by atoms with Crippen molar-refractivity contribution in [1.29, 1.82) is 0 Å². The van der Waals surface area contributed by atoms with Gasteiger partial charge in [0.25, 0.3) is 5.89 Å². The molecule has 3 N–H and O–H groups in total. The Morgan fingerprint density at radius 3 is 1.22 bits per heavy atom. The minimum atomic E-state index is -3.64. The molecule has 0 aliphatic carbocycles. The Balaban J connectivity index is 0.000000482. The Kier molecular flexibility index (Phi) is 60.1. The Labute approximate surface area is 619 Å². The first-order valence-electron chi connectivity index (χ1n) is 23.5. The Hall–Kier alpha value is 18.2. The molecule has 32 atom stereocenters. The second-order valence-electron chi connectivity index (χ2n) is 16.9. The van der Waals surface area contributed by atoms with E-state index in [0.717, 1.165) is 13.5 Å². The molecule has 2 aromatic carbocycles. The quantitative estimate of drug-likeness (QED) is 0.0431. The molecule has 2 aromatic heterocycles. The van der Waals surface area contributed by atoms with Crippen LogP contribution in [0.25, 0.3) is 34.3 Å². The first-order chi connectivity index (χ1) is 41.4. The largest absolute Gasteiger partial charge is 0.414 e. The van der Waals surface area contributed by atoms with Crippen molar-refractivity contribution in [2.75, 3.05) is 19.1 Å². The van der Waals surface area contributed by atoms with E-state index in [-0.39, 0.29) is 208 Å². The topological polar surface area (TPSA) is 137 Å². The first-order valence-corrected chi connectivity index (χ1v) is 118. The molecule has 0 aliphatic rings. The van der Waals surface area contributed by atoms with Gasteiger partial charge in [-0.3, -0.25) is 4.39 Å². The van der Waals surface area contributed by atoms with Gasteiger partial charge in [-0.1, -0.05) is 32.2 Å². The molecule has 0 spiro atoms. The number of alkyl halides is 2. The highest BCUT2D eigenvalue weighted by molar-refractivity contribution is 9.52. The lowest BCUT2D eigenvalue weighted by Crippen LogP contribution is -2.27. The zero-order valence-electron chi connectivity index (χ0n) is 47.2. The first kappa shape index (κ1) is 101. The number of benzene rings is 2. The van der Waals surface area contributed by atoms with Crippen molar-refractivity contribution >= 4 is 423 Å². The number of nitrogen functional groups attached to an aromatic ring is 1. The number of rotatable bonds is 35. The summed E-state index contributed by atoms with van der Waals surface area (Å²) in [6.45, 7) is -1.18. The average molecular weight is 2180 g/mol. The van der Waals surface area contributed by atoms with Gasteiger partial charge in [0, 0.05) is 23.7 Å². The van der Waals surface area contributed by atoms with E-state index in [1.54, 1.807) is 19.1 Å². The lowest BCUT2D eigenvalue weighted by molar-refractivity contribution is 0.391. The smallest absolute Gasteiger partial charge is 0.270 e. The summed E-state index contributed by atoms with van der Waals surface area (Å²) in [5.41, 5.74) is 8.92. The van der Waals surface area contributed by atoms with Gasteiger partial charge in [0.2, 0.25) is 5.89 Å². The summed E-state index contributed by atoms with van der Waals surface area (Å²) in [5.74, 6) is 0.431. The predicted molar refractivity (Wildman–Crippen MR) is 567 cm³/mol. The van der Waals surface area contributed by atoms with Crippen LogP contribution in [0.1, 0.15) is 25.8 Å². The number of sulfone groups is 1. The molecule has 0 amide bonds. The van der Waals surface area contributed by atoms with Gasteiger partial charge >= 0.3 is 0 Å². The highest BCUT2D eigenvalue weighted by Gasteiger charge is 2.59. The Morgan fingerprint density at radius 1 is 0.517 bits per heavy atom. The van der Waals surface area contributed by atoms with Crippen LogP contribution in [0.4, 0.5) is 14.6 Å². The maximum absolute atomic E-state index is 12.6. The number of aromatic nitrogens is 4. The van der Waals surface area contributed by atoms with E-state index in [1.807, 2.05) is 24.3 Å². The van der Waals surface area contributed by atoms with E-state index in [4.69, 9.17) is 10.2 Å². The van der Waals surface area contributed by atoms with Crippen molar-refractivity contribution in [2.24, 2.45) is 0 Å². The van der Waals surface area contributed by atoms with Crippen molar-refractivity contribution in [3.05, 3.63) is 60.3 Å². The van der Waals surface area contributed by atoms with Crippen LogP contribution in [0.3, 0.4) is 0 Å². The normalized spacial score (nSPS) is 15.0. The molecule has 9 nitrogen and oxygen atoms in total. The number of nitrogens with one attached hydrogen (secondary N) is 1. The molecule has 4 rings (SSSR count). The molecule has 0 saturated heterocycles. The summed E-state index contributed by atoms with van der Waals surface area (Å²) in [7, 11) is 88.0. The highest BCUT2D eigenvalue weighted by atomic mass is 33.6. The average Bonchev–Trinajstić information content (AvgIpc) is 1.16. The van der Waals surface area contributed by atoms with Gasteiger partial charge in [-0.25, -0.2) is 22.8 Å². The minimum Gasteiger partial charge on any atom is -0.414 e. The molecule has 2 heterocycles. The van der Waals surface area contributed by atoms with Crippen molar-refractivity contribution < 1.29 is 21.6 Å². The maximum atomic E-state index is 12.6. The van der Waals surface area contributed by atoms with Gasteiger partial charge in [-0.15, -0.1) is 242 Å². The van der Waals surface area contributed by atoms with Gasteiger partial charge in [0.15, 0.2) is 21.3 Å². The van der Waals surface area contributed by atoms with E-state index >= 15 is 0 Å². The molecule has 63 heteroatoms. The van der Waals surface area contributed by atoms with E-state index < -0.39 is 28.4 Å². The molecular weight excluding hydrogens is 2090 g/mol. The number of hydrogen-bond donors (Lipinski definition) is 2. The van der Waals surface area contributed by atoms with Crippen LogP contribution in [0.15, 0.2) is 64.0 Å². The Bertz CT molecular complexity index is 2670. The summed E-state index contributed by atoms with van der Waals surface area (Å²) in [6.07, 6.45) is 1.39.